The van der Waals surface area contributed by atoms with Crippen LogP contribution in [0.5, 0.6) is 0 Å². The molecule has 0 aromatic rings. The second kappa shape index (κ2) is 23.6. The minimum atomic E-state index is 0.972. The minimum absolute atomic E-state index is 0.972. The Balaban J connectivity index is 0.00000344. The van der Waals surface area contributed by atoms with Gasteiger partial charge in [-0.3, -0.25) is 0 Å². The third-order valence-electron chi connectivity index (χ3n) is 9.95. The lowest BCUT2D eigenvalue weighted by Gasteiger charge is -2.38. The van der Waals surface area contributed by atoms with Crippen LogP contribution in [0.25, 0.3) is 0 Å². The van der Waals surface area contributed by atoms with Crippen LogP contribution in [0.4, 0.5) is 0 Å². The molecule has 0 unspecified atom stereocenters. The van der Waals surface area contributed by atoms with Gasteiger partial charge >= 0.3 is 0 Å². The fraction of sp³-hybridized carbons (Fsp3) is 0.795. The molecule has 0 amide bonds. The van der Waals surface area contributed by atoms with Gasteiger partial charge in [0.05, 0.1) is 0 Å². The Hall–Kier alpha value is -1.04. The molecule has 0 atom stereocenters. The van der Waals surface area contributed by atoms with E-state index in [9.17, 15) is 0 Å². The van der Waals surface area contributed by atoms with Crippen molar-refractivity contribution in [3.05, 3.63) is 46.6 Å². The van der Waals surface area contributed by atoms with Gasteiger partial charge in [-0.05, 0) is 113 Å². The molecule has 2 saturated carbocycles. The first-order valence-corrected chi connectivity index (χ1v) is 17.5. The van der Waals surface area contributed by atoms with Gasteiger partial charge in [0, 0.05) is 0 Å². The monoisotopic (exact) mass is 541 g/mol. The Morgan fingerprint density at radius 3 is 1.38 bits per heavy atom. The first-order valence-electron chi connectivity index (χ1n) is 17.5. The molecule has 2 aliphatic rings. The van der Waals surface area contributed by atoms with Crippen LogP contribution >= 0.6 is 0 Å². The lowest BCUT2D eigenvalue weighted by Crippen LogP contribution is -2.26. The minimum Gasteiger partial charge on any atom is -0.0736 e. The van der Waals surface area contributed by atoms with Gasteiger partial charge in [-0.15, -0.1) is 0 Å². The van der Waals surface area contributed by atoms with Crippen molar-refractivity contribution in [3.63, 3.8) is 0 Å². The summed E-state index contributed by atoms with van der Waals surface area (Å²) >= 11 is 0. The SMILES string of the molecule is CC.CC.CC/C(C)=C/C=C(C)/C(C)=C/C=C(\C)CCC1CCC(C2CCC(CCC(CC)CC)CC2)CC1. The van der Waals surface area contributed by atoms with Crippen LogP contribution in [-0.4, -0.2) is 0 Å². The van der Waals surface area contributed by atoms with Gasteiger partial charge in [0.2, 0.25) is 0 Å². The van der Waals surface area contributed by atoms with Gasteiger partial charge in [0.1, 0.15) is 0 Å². The molecule has 0 heterocycles. The molecule has 2 aliphatic carbocycles. The van der Waals surface area contributed by atoms with E-state index in [2.05, 4.69) is 72.8 Å². The molecular weight excluding hydrogens is 468 g/mol. The van der Waals surface area contributed by atoms with Crippen molar-refractivity contribution in [2.75, 3.05) is 0 Å². The van der Waals surface area contributed by atoms with Gasteiger partial charge in [-0.25, -0.2) is 0 Å². The molecule has 0 spiro atoms. The fourth-order valence-corrected chi connectivity index (χ4v) is 6.50. The van der Waals surface area contributed by atoms with E-state index in [1.807, 2.05) is 27.7 Å². The van der Waals surface area contributed by atoms with Crippen molar-refractivity contribution < 1.29 is 0 Å². The Bertz CT molecular complexity index is 694. The van der Waals surface area contributed by atoms with Crippen LogP contribution in [0.1, 0.15) is 172 Å². The molecule has 0 nitrogen and oxygen atoms in total. The molecule has 0 aliphatic heterocycles. The van der Waals surface area contributed by atoms with Crippen LogP contribution in [-0.2, 0) is 0 Å². The molecule has 0 saturated heterocycles. The average Bonchev–Trinajstić information content (AvgIpc) is 3.00. The summed E-state index contributed by atoms with van der Waals surface area (Å²) in [6, 6.07) is 0. The van der Waals surface area contributed by atoms with E-state index in [1.165, 1.54) is 107 Å². The maximum absolute atomic E-state index is 2.38. The number of hydrogen-bond acceptors (Lipinski definition) is 0. The van der Waals surface area contributed by atoms with Gasteiger partial charge < -0.3 is 0 Å². The molecule has 0 aromatic heterocycles. The van der Waals surface area contributed by atoms with E-state index < -0.39 is 0 Å². The summed E-state index contributed by atoms with van der Waals surface area (Å²) < 4.78 is 0. The summed E-state index contributed by atoms with van der Waals surface area (Å²) in [7, 11) is 0. The second-order valence-corrected chi connectivity index (χ2v) is 12.4. The normalized spacial score (nSPS) is 25.0. The van der Waals surface area contributed by atoms with Crippen molar-refractivity contribution in [1.29, 1.82) is 0 Å². The highest BCUT2D eigenvalue weighted by molar-refractivity contribution is 5.34. The molecule has 0 aromatic carbocycles. The highest BCUT2D eigenvalue weighted by Gasteiger charge is 2.30. The van der Waals surface area contributed by atoms with Crippen molar-refractivity contribution in [3.8, 4) is 0 Å². The topological polar surface area (TPSA) is 0 Å². The highest BCUT2D eigenvalue weighted by Crippen LogP contribution is 2.43. The standard InChI is InChI=1S/C35H60.2C2H6/c1-8-27(4)11-14-29(6)30(7)15-12-28(5)13-16-32-19-23-34(24-20-32)35-25-21-33(22-26-35)18-17-31(9-2)10-3;2*1-2/h11-12,14-15,31-35H,8-10,13,16-26H2,1-7H3;2*1-2H3/b27-11+,28-12+,29-14+,30-15+;;. The summed E-state index contributed by atoms with van der Waals surface area (Å²) in [4.78, 5) is 0. The van der Waals surface area contributed by atoms with Crippen molar-refractivity contribution in [1.82, 2.24) is 0 Å². The van der Waals surface area contributed by atoms with Crippen molar-refractivity contribution >= 4 is 0 Å². The fourth-order valence-electron chi connectivity index (χ4n) is 6.50. The molecule has 0 radical (unpaired) electrons. The van der Waals surface area contributed by atoms with E-state index in [0.29, 0.717) is 0 Å². The molecule has 228 valence electrons. The van der Waals surface area contributed by atoms with Crippen LogP contribution < -0.4 is 0 Å². The zero-order valence-electron chi connectivity index (χ0n) is 28.8. The Labute approximate surface area is 248 Å². The first-order chi connectivity index (χ1) is 18.9. The van der Waals surface area contributed by atoms with E-state index in [1.54, 1.807) is 5.57 Å². The molecule has 0 bridgehead atoms. The van der Waals surface area contributed by atoms with Gasteiger partial charge in [-0.1, -0.05) is 135 Å². The van der Waals surface area contributed by atoms with E-state index in [0.717, 1.165) is 36.0 Å². The molecule has 39 heavy (non-hydrogen) atoms. The second-order valence-electron chi connectivity index (χ2n) is 12.4. The Morgan fingerprint density at radius 1 is 0.564 bits per heavy atom. The van der Waals surface area contributed by atoms with E-state index >= 15 is 0 Å². The summed E-state index contributed by atoms with van der Waals surface area (Å²) in [5, 5.41) is 0. The maximum Gasteiger partial charge on any atom is -0.0317 e. The molecule has 2 rings (SSSR count). The largest absolute Gasteiger partial charge is 0.0736 e. The lowest BCUT2D eigenvalue weighted by molar-refractivity contribution is 0.138. The Morgan fingerprint density at radius 2 is 0.974 bits per heavy atom. The lowest BCUT2D eigenvalue weighted by atomic mass is 9.68. The van der Waals surface area contributed by atoms with Crippen LogP contribution in [0.15, 0.2) is 46.6 Å². The average molecular weight is 541 g/mol. The van der Waals surface area contributed by atoms with Gasteiger partial charge in [0.15, 0.2) is 0 Å². The highest BCUT2D eigenvalue weighted by atomic mass is 14.4. The summed E-state index contributed by atoms with van der Waals surface area (Å²) in [5.41, 5.74) is 5.75. The predicted octanol–water partition coefficient (Wildman–Crippen LogP) is 13.8. The van der Waals surface area contributed by atoms with Crippen LogP contribution in [0.3, 0.4) is 0 Å². The summed E-state index contributed by atoms with van der Waals surface area (Å²) in [6.45, 7) is 24.0. The van der Waals surface area contributed by atoms with Crippen LogP contribution in [0, 0.1) is 29.6 Å². The summed E-state index contributed by atoms with van der Waals surface area (Å²) in [5.74, 6) is 5.11. The van der Waals surface area contributed by atoms with Crippen LogP contribution in [0.2, 0.25) is 0 Å². The smallest absolute Gasteiger partial charge is 0.0317 e. The third-order valence-corrected chi connectivity index (χ3v) is 9.95. The quantitative estimate of drug-likeness (QED) is 0.204. The number of rotatable bonds is 13. The van der Waals surface area contributed by atoms with E-state index in [-0.39, 0.29) is 0 Å². The zero-order chi connectivity index (χ0) is 29.6. The van der Waals surface area contributed by atoms with Crippen molar-refractivity contribution in [2.24, 2.45) is 29.6 Å². The summed E-state index contributed by atoms with van der Waals surface area (Å²) in [6.07, 6.45) is 31.0. The van der Waals surface area contributed by atoms with Gasteiger partial charge in [-0.2, -0.15) is 0 Å². The molecule has 2 fully saturated rings. The molecular formula is C39H72. The molecule has 0 N–H and O–H groups in total. The third kappa shape index (κ3) is 16.1. The van der Waals surface area contributed by atoms with Gasteiger partial charge in [0.25, 0.3) is 0 Å². The predicted molar refractivity (Wildman–Crippen MR) is 181 cm³/mol. The molecule has 0 heteroatoms. The maximum atomic E-state index is 2.38. The Kier molecular flexibility index (Phi) is 23.0. The number of allylic oxidation sites excluding steroid dienone is 8. The van der Waals surface area contributed by atoms with Crippen molar-refractivity contribution in [2.45, 2.75) is 172 Å². The zero-order valence-corrected chi connectivity index (χ0v) is 28.8. The number of hydrogen-bond donors (Lipinski definition) is 0. The first kappa shape index (κ1) is 38.0. The van der Waals surface area contributed by atoms with E-state index in [4.69, 9.17) is 0 Å².